The molecular weight excluding hydrogens is 420 g/mol. The van der Waals surface area contributed by atoms with Crippen molar-refractivity contribution >= 4 is 11.9 Å². The van der Waals surface area contributed by atoms with Crippen LogP contribution in [0.4, 0.5) is 8.78 Å². The summed E-state index contributed by atoms with van der Waals surface area (Å²) in [6.07, 6.45) is 5.04. The van der Waals surface area contributed by atoms with Crippen molar-refractivity contribution < 1.29 is 28.0 Å². The monoisotopic (exact) mass is 447 g/mol. The van der Waals surface area contributed by atoms with Crippen molar-refractivity contribution in [2.45, 2.75) is 51.1 Å². The molecule has 0 bridgehead atoms. The molecule has 2 heterocycles. The number of benzene rings is 1. The molecule has 1 aliphatic carbocycles. The van der Waals surface area contributed by atoms with Gasteiger partial charge in [-0.15, -0.1) is 0 Å². The molecule has 32 heavy (non-hydrogen) atoms. The zero-order valence-corrected chi connectivity index (χ0v) is 17.9. The highest BCUT2D eigenvalue weighted by Gasteiger charge is 2.40. The topological polar surface area (TPSA) is 95.7 Å². The van der Waals surface area contributed by atoms with Crippen molar-refractivity contribution in [1.29, 1.82) is 0 Å². The number of aliphatic carboxylic acids is 1. The Kier molecular flexibility index (Phi) is 6.55. The molecule has 4 atom stereocenters. The third-order valence-corrected chi connectivity index (χ3v) is 6.83. The first-order valence-electron chi connectivity index (χ1n) is 11.1. The number of likely N-dealkylation sites (tertiary alicyclic amines) is 1. The van der Waals surface area contributed by atoms with Crippen LogP contribution in [0.15, 0.2) is 28.8 Å². The van der Waals surface area contributed by atoms with E-state index in [0.29, 0.717) is 24.9 Å². The van der Waals surface area contributed by atoms with E-state index in [1.54, 1.807) is 0 Å². The molecule has 1 saturated heterocycles. The number of rotatable bonds is 6. The van der Waals surface area contributed by atoms with Crippen LogP contribution in [0.25, 0.3) is 11.3 Å². The highest BCUT2D eigenvalue weighted by atomic mass is 19.1. The van der Waals surface area contributed by atoms with Crippen LogP contribution in [0, 0.1) is 23.5 Å². The van der Waals surface area contributed by atoms with Crippen molar-refractivity contribution in [2.75, 3.05) is 13.1 Å². The molecule has 0 radical (unpaired) electrons. The van der Waals surface area contributed by atoms with E-state index in [2.05, 4.69) is 22.3 Å². The average molecular weight is 447 g/mol. The molecule has 9 heteroatoms. The summed E-state index contributed by atoms with van der Waals surface area (Å²) in [6.45, 7) is 3.29. The fraction of sp³-hybridized carbons (Fsp3) is 0.522. The van der Waals surface area contributed by atoms with Gasteiger partial charge in [0, 0.05) is 37.3 Å². The lowest BCUT2D eigenvalue weighted by Crippen LogP contribution is -2.56. The molecule has 4 rings (SSSR count). The van der Waals surface area contributed by atoms with Crippen LogP contribution in [0.2, 0.25) is 0 Å². The van der Waals surface area contributed by atoms with Gasteiger partial charge in [0.1, 0.15) is 11.6 Å². The summed E-state index contributed by atoms with van der Waals surface area (Å²) in [7, 11) is 0. The van der Waals surface area contributed by atoms with Gasteiger partial charge in [0.05, 0.1) is 11.5 Å². The van der Waals surface area contributed by atoms with E-state index >= 15 is 0 Å². The number of carboxylic acids is 1. The van der Waals surface area contributed by atoms with E-state index < -0.39 is 35.5 Å². The van der Waals surface area contributed by atoms with Gasteiger partial charge in [0.25, 0.3) is 5.91 Å². The van der Waals surface area contributed by atoms with Crippen molar-refractivity contribution in [1.82, 2.24) is 15.4 Å². The van der Waals surface area contributed by atoms with Gasteiger partial charge in [-0.3, -0.25) is 14.5 Å². The fourth-order valence-electron chi connectivity index (χ4n) is 5.12. The fourth-order valence-corrected chi connectivity index (χ4v) is 5.12. The molecular formula is C23H27F2N3O4. The molecule has 0 spiro atoms. The molecule has 0 unspecified atom stereocenters. The van der Waals surface area contributed by atoms with Crippen LogP contribution >= 0.6 is 0 Å². The summed E-state index contributed by atoms with van der Waals surface area (Å²) in [4.78, 5) is 26.9. The summed E-state index contributed by atoms with van der Waals surface area (Å²) in [6, 6.07) is 4.13. The molecule has 2 aliphatic rings. The number of hydrogen-bond acceptors (Lipinski definition) is 5. The van der Waals surface area contributed by atoms with Crippen LogP contribution in [0.5, 0.6) is 0 Å². The minimum atomic E-state index is -0.944. The largest absolute Gasteiger partial charge is 0.481 e. The van der Waals surface area contributed by atoms with Gasteiger partial charge in [0.2, 0.25) is 0 Å². The lowest BCUT2D eigenvalue weighted by Gasteiger charge is -2.41. The Hall–Kier alpha value is -2.81. The Labute approximate surface area is 184 Å². The first kappa shape index (κ1) is 22.4. The van der Waals surface area contributed by atoms with Gasteiger partial charge in [-0.25, -0.2) is 8.78 Å². The molecule has 1 amide bonds. The van der Waals surface area contributed by atoms with E-state index in [4.69, 9.17) is 4.52 Å². The maximum atomic E-state index is 14.0. The van der Waals surface area contributed by atoms with Gasteiger partial charge in [-0.05, 0) is 37.3 Å². The Morgan fingerprint density at radius 3 is 2.78 bits per heavy atom. The van der Waals surface area contributed by atoms with Crippen LogP contribution in [0.3, 0.4) is 0 Å². The van der Waals surface area contributed by atoms with Gasteiger partial charge in [-0.1, -0.05) is 24.9 Å². The Balaban J connectivity index is 1.44. The van der Waals surface area contributed by atoms with Gasteiger partial charge >= 0.3 is 5.97 Å². The highest BCUT2D eigenvalue weighted by Crippen LogP contribution is 2.34. The maximum absolute atomic E-state index is 14.0. The van der Waals surface area contributed by atoms with E-state index in [9.17, 15) is 23.5 Å². The van der Waals surface area contributed by atoms with Crippen molar-refractivity contribution in [3.8, 4) is 11.3 Å². The third-order valence-electron chi connectivity index (χ3n) is 6.83. The number of nitrogens with zero attached hydrogens (tertiary/aromatic N) is 2. The highest BCUT2D eigenvalue weighted by molar-refractivity contribution is 5.93. The van der Waals surface area contributed by atoms with E-state index in [-0.39, 0.29) is 17.0 Å². The number of nitrogens with one attached hydrogen (secondary N) is 1. The van der Waals surface area contributed by atoms with Crippen LogP contribution in [-0.2, 0) is 4.79 Å². The Morgan fingerprint density at radius 2 is 2.06 bits per heavy atom. The third kappa shape index (κ3) is 4.53. The van der Waals surface area contributed by atoms with E-state index in [0.717, 1.165) is 31.5 Å². The standard InChI is InChI=1S/C23H27F2N3O4/c1-2-13-4-3-5-20(13)28-9-8-18(16(12-28)23(30)31)26-22(29)19-11-21(32-27-19)15-7-6-14(24)10-17(15)25/h6-7,10-11,13,16,18,20H,2-5,8-9,12H2,1H3,(H,26,29)(H,30,31)/t13-,16+,18+,20+/m1/s1. The number of carbonyl (C=O) groups excluding carboxylic acids is 1. The second-order valence-corrected chi connectivity index (χ2v) is 8.68. The predicted octanol–water partition coefficient (Wildman–Crippen LogP) is 3.70. The summed E-state index contributed by atoms with van der Waals surface area (Å²) in [5, 5.41) is 16.3. The smallest absolute Gasteiger partial charge is 0.309 e. The molecule has 1 aromatic heterocycles. The second kappa shape index (κ2) is 9.36. The van der Waals surface area contributed by atoms with Crippen LogP contribution in [-0.4, -0.2) is 52.2 Å². The lowest BCUT2D eigenvalue weighted by molar-refractivity contribution is -0.145. The number of carbonyl (C=O) groups is 2. The van der Waals surface area contributed by atoms with Gasteiger partial charge in [0.15, 0.2) is 11.5 Å². The summed E-state index contributed by atoms with van der Waals surface area (Å²) < 4.78 is 32.2. The van der Waals surface area contributed by atoms with Crippen LogP contribution in [0.1, 0.15) is 49.5 Å². The molecule has 2 aromatic rings. The lowest BCUT2D eigenvalue weighted by atomic mass is 9.89. The summed E-state index contributed by atoms with van der Waals surface area (Å²) >= 11 is 0. The average Bonchev–Trinajstić information content (AvgIpc) is 3.43. The number of amides is 1. The SMILES string of the molecule is CC[C@@H]1CCC[C@@H]1N1CC[C@H](NC(=O)c2cc(-c3ccc(F)cc3F)on2)[C@@H](C(=O)O)C1. The summed E-state index contributed by atoms with van der Waals surface area (Å²) in [5.41, 5.74) is -0.103. The summed E-state index contributed by atoms with van der Waals surface area (Å²) in [5.74, 6) is -3.23. The Bertz CT molecular complexity index is 995. The van der Waals surface area contributed by atoms with Gasteiger partial charge < -0.3 is 14.9 Å². The molecule has 2 fully saturated rings. The quantitative estimate of drug-likeness (QED) is 0.701. The first-order chi connectivity index (χ1) is 15.4. The van der Waals surface area contributed by atoms with Gasteiger partial charge in [-0.2, -0.15) is 0 Å². The van der Waals surface area contributed by atoms with Crippen molar-refractivity contribution in [3.05, 3.63) is 41.6 Å². The van der Waals surface area contributed by atoms with E-state index in [1.165, 1.54) is 25.0 Å². The molecule has 172 valence electrons. The second-order valence-electron chi connectivity index (χ2n) is 8.68. The number of aromatic nitrogens is 1. The number of halogens is 2. The zero-order valence-electron chi connectivity index (χ0n) is 17.9. The maximum Gasteiger partial charge on any atom is 0.309 e. The number of carboxylic acid groups (broad SMARTS) is 1. The molecule has 7 nitrogen and oxygen atoms in total. The van der Waals surface area contributed by atoms with Crippen molar-refractivity contribution in [3.63, 3.8) is 0 Å². The zero-order chi connectivity index (χ0) is 22.8. The normalized spacial score (nSPS) is 26.2. The molecule has 1 saturated carbocycles. The van der Waals surface area contributed by atoms with E-state index in [1.807, 2.05) is 0 Å². The predicted molar refractivity (Wildman–Crippen MR) is 112 cm³/mol. The molecule has 2 N–H and O–H groups in total. The van der Waals surface area contributed by atoms with Crippen LogP contribution < -0.4 is 5.32 Å². The Morgan fingerprint density at radius 1 is 1.25 bits per heavy atom. The number of piperidine rings is 1. The minimum absolute atomic E-state index is 0.0101. The minimum Gasteiger partial charge on any atom is -0.481 e. The first-order valence-corrected chi connectivity index (χ1v) is 11.1. The number of hydrogen-bond donors (Lipinski definition) is 2. The van der Waals surface area contributed by atoms with Crippen molar-refractivity contribution in [2.24, 2.45) is 11.8 Å². The molecule has 1 aliphatic heterocycles. The molecule has 1 aromatic carbocycles.